The van der Waals surface area contributed by atoms with E-state index in [1.54, 1.807) is 4.90 Å². The van der Waals surface area contributed by atoms with Crippen LogP contribution in [0.3, 0.4) is 0 Å². The normalized spacial score (nSPS) is 18.5. The minimum atomic E-state index is -1.11. The van der Waals surface area contributed by atoms with Gasteiger partial charge in [-0.25, -0.2) is 4.79 Å². The zero-order valence-corrected chi connectivity index (χ0v) is 13.6. The van der Waals surface area contributed by atoms with Gasteiger partial charge < -0.3 is 20.1 Å². The number of benzene rings is 1. The zero-order valence-electron chi connectivity index (χ0n) is 13.6. The van der Waals surface area contributed by atoms with Crippen molar-refractivity contribution in [1.29, 1.82) is 0 Å². The van der Waals surface area contributed by atoms with Crippen molar-refractivity contribution >= 4 is 17.8 Å². The Kier molecular flexibility index (Phi) is 6.31. The van der Waals surface area contributed by atoms with Crippen molar-refractivity contribution in [2.45, 2.75) is 25.4 Å². The summed E-state index contributed by atoms with van der Waals surface area (Å²) in [6.45, 7) is 0.993. The minimum Gasteiger partial charge on any atom is -0.480 e. The average Bonchev–Trinajstić information content (AvgIpc) is 2.93. The Morgan fingerprint density at radius 3 is 2.71 bits per heavy atom. The standard InChI is InChI=1S/C17H22N2O5/c1-24-8-7-14(17(22)23)18-16(21)13-9-15(20)19(11-13)10-12-5-3-2-4-6-12/h2-6,13-14H,7-11H2,1H3,(H,18,21)(H,22,23). The van der Waals surface area contributed by atoms with Crippen molar-refractivity contribution in [3.05, 3.63) is 35.9 Å². The first kappa shape index (κ1) is 17.9. The lowest BCUT2D eigenvalue weighted by Crippen LogP contribution is -2.44. The number of methoxy groups -OCH3 is 1. The fourth-order valence-corrected chi connectivity index (χ4v) is 2.69. The van der Waals surface area contributed by atoms with Gasteiger partial charge >= 0.3 is 5.97 Å². The summed E-state index contributed by atoms with van der Waals surface area (Å²) in [6.07, 6.45) is 0.293. The molecule has 130 valence electrons. The highest BCUT2D eigenvalue weighted by molar-refractivity contribution is 5.91. The number of likely N-dealkylation sites (tertiary alicyclic amines) is 1. The summed E-state index contributed by atoms with van der Waals surface area (Å²) >= 11 is 0. The number of nitrogens with zero attached hydrogens (tertiary/aromatic N) is 1. The number of aliphatic carboxylic acids is 1. The lowest BCUT2D eigenvalue weighted by molar-refractivity contribution is -0.142. The first-order valence-corrected chi connectivity index (χ1v) is 7.85. The Labute approximate surface area is 140 Å². The van der Waals surface area contributed by atoms with Gasteiger partial charge in [-0.1, -0.05) is 30.3 Å². The van der Waals surface area contributed by atoms with Crippen LogP contribution in [0.1, 0.15) is 18.4 Å². The van der Waals surface area contributed by atoms with Gasteiger partial charge in [-0.3, -0.25) is 9.59 Å². The number of ether oxygens (including phenoxy) is 1. The molecule has 24 heavy (non-hydrogen) atoms. The number of carboxylic acid groups (broad SMARTS) is 1. The predicted octanol–water partition coefficient (Wildman–Crippen LogP) is 0.641. The van der Waals surface area contributed by atoms with Gasteiger partial charge in [-0.2, -0.15) is 0 Å². The third-order valence-corrected chi connectivity index (χ3v) is 4.03. The van der Waals surface area contributed by atoms with E-state index in [4.69, 9.17) is 9.84 Å². The van der Waals surface area contributed by atoms with Crippen LogP contribution in [0.15, 0.2) is 30.3 Å². The van der Waals surface area contributed by atoms with Gasteiger partial charge in [0.25, 0.3) is 0 Å². The molecule has 0 saturated carbocycles. The molecule has 7 nitrogen and oxygen atoms in total. The Hall–Kier alpha value is -2.41. The van der Waals surface area contributed by atoms with Crippen LogP contribution in [0, 0.1) is 5.92 Å². The van der Waals surface area contributed by atoms with Crippen LogP contribution in [-0.2, 0) is 25.7 Å². The lowest BCUT2D eigenvalue weighted by atomic mass is 10.1. The second kappa shape index (κ2) is 8.44. The molecule has 1 aliphatic rings. The molecule has 0 aliphatic carbocycles. The van der Waals surface area contributed by atoms with Gasteiger partial charge in [0.05, 0.1) is 5.92 Å². The van der Waals surface area contributed by atoms with Crippen molar-refractivity contribution in [2.24, 2.45) is 5.92 Å². The quantitative estimate of drug-likeness (QED) is 0.727. The summed E-state index contributed by atoms with van der Waals surface area (Å²) in [6, 6.07) is 8.53. The topological polar surface area (TPSA) is 95.9 Å². The van der Waals surface area contributed by atoms with Crippen molar-refractivity contribution in [3.8, 4) is 0 Å². The molecule has 1 heterocycles. The summed E-state index contributed by atoms with van der Waals surface area (Å²) < 4.78 is 4.85. The Morgan fingerprint density at radius 2 is 2.08 bits per heavy atom. The maximum atomic E-state index is 12.3. The second-order valence-corrected chi connectivity index (χ2v) is 5.84. The molecule has 0 aromatic heterocycles. The molecular formula is C17H22N2O5. The Balaban J connectivity index is 1.91. The number of carbonyl (C=O) groups is 3. The molecule has 2 atom stereocenters. The van der Waals surface area contributed by atoms with Crippen LogP contribution in [0.2, 0.25) is 0 Å². The highest BCUT2D eigenvalue weighted by Gasteiger charge is 2.35. The number of nitrogens with one attached hydrogen (secondary N) is 1. The number of rotatable bonds is 8. The molecule has 1 aliphatic heterocycles. The molecular weight excluding hydrogens is 312 g/mol. The smallest absolute Gasteiger partial charge is 0.326 e. The molecule has 7 heteroatoms. The largest absolute Gasteiger partial charge is 0.480 e. The van der Waals surface area contributed by atoms with E-state index in [1.807, 2.05) is 30.3 Å². The maximum absolute atomic E-state index is 12.3. The number of carboxylic acids is 1. The molecule has 1 aromatic carbocycles. The fraction of sp³-hybridized carbons (Fsp3) is 0.471. The monoisotopic (exact) mass is 334 g/mol. The highest BCUT2D eigenvalue weighted by Crippen LogP contribution is 2.20. The summed E-state index contributed by atoms with van der Waals surface area (Å²) in [5, 5.41) is 11.6. The van der Waals surface area contributed by atoms with Crippen LogP contribution < -0.4 is 5.32 Å². The third kappa shape index (κ3) is 4.79. The van der Waals surface area contributed by atoms with Gasteiger partial charge in [0.1, 0.15) is 6.04 Å². The molecule has 2 N–H and O–H groups in total. The van der Waals surface area contributed by atoms with Crippen LogP contribution in [-0.4, -0.2) is 54.1 Å². The van der Waals surface area contributed by atoms with E-state index in [9.17, 15) is 14.4 Å². The lowest BCUT2D eigenvalue weighted by Gasteiger charge is -2.18. The van der Waals surface area contributed by atoms with E-state index in [2.05, 4.69) is 5.32 Å². The summed E-state index contributed by atoms with van der Waals surface area (Å²) in [4.78, 5) is 37.2. The van der Waals surface area contributed by atoms with Crippen LogP contribution in [0.4, 0.5) is 0 Å². The SMILES string of the molecule is COCCC(NC(=O)C1CC(=O)N(Cc2ccccc2)C1)C(=O)O. The van der Waals surface area contributed by atoms with E-state index < -0.39 is 23.8 Å². The average molecular weight is 334 g/mol. The number of hydrogen-bond donors (Lipinski definition) is 2. The van der Waals surface area contributed by atoms with Crippen molar-refractivity contribution in [1.82, 2.24) is 10.2 Å². The number of amides is 2. The van der Waals surface area contributed by atoms with E-state index in [0.29, 0.717) is 13.1 Å². The van der Waals surface area contributed by atoms with Gasteiger partial charge in [-0.15, -0.1) is 0 Å². The molecule has 0 radical (unpaired) electrons. The van der Waals surface area contributed by atoms with E-state index in [-0.39, 0.29) is 25.4 Å². The Bertz CT molecular complexity index is 590. The predicted molar refractivity (Wildman–Crippen MR) is 86.0 cm³/mol. The maximum Gasteiger partial charge on any atom is 0.326 e. The summed E-state index contributed by atoms with van der Waals surface area (Å²) in [7, 11) is 1.47. The minimum absolute atomic E-state index is 0.0947. The molecule has 1 aromatic rings. The highest BCUT2D eigenvalue weighted by atomic mass is 16.5. The fourth-order valence-electron chi connectivity index (χ4n) is 2.69. The van der Waals surface area contributed by atoms with Gasteiger partial charge in [-0.05, 0) is 5.56 Å². The van der Waals surface area contributed by atoms with Crippen LogP contribution in [0.25, 0.3) is 0 Å². The van der Waals surface area contributed by atoms with Crippen molar-refractivity contribution in [2.75, 3.05) is 20.3 Å². The second-order valence-electron chi connectivity index (χ2n) is 5.84. The summed E-state index contributed by atoms with van der Waals surface area (Å²) in [5.41, 5.74) is 0.996. The molecule has 0 bridgehead atoms. The van der Waals surface area contributed by atoms with Crippen LogP contribution >= 0.6 is 0 Å². The molecule has 2 rings (SSSR count). The van der Waals surface area contributed by atoms with E-state index in [0.717, 1.165) is 5.56 Å². The zero-order chi connectivity index (χ0) is 17.5. The van der Waals surface area contributed by atoms with Gasteiger partial charge in [0, 0.05) is 39.6 Å². The van der Waals surface area contributed by atoms with Crippen molar-refractivity contribution < 1.29 is 24.2 Å². The van der Waals surface area contributed by atoms with Crippen molar-refractivity contribution in [3.63, 3.8) is 0 Å². The first-order valence-electron chi connectivity index (χ1n) is 7.85. The van der Waals surface area contributed by atoms with E-state index in [1.165, 1.54) is 7.11 Å². The van der Waals surface area contributed by atoms with Gasteiger partial charge in [0.15, 0.2) is 0 Å². The molecule has 2 amide bonds. The summed E-state index contributed by atoms with van der Waals surface area (Å²) in [5.74, 6) is -2.12. The molecule has 0 spiro atoms. The third-order valence-electron chi connectivity index (χ3n) is 4.03. The number of hydrogen-bond acceptors (Lipinski definition) is 4. The molecule has 1 saturated heterocycles. The first-order chi connectivity index (χ1) is 11.5. The molecule has 2 unspecified atom stereocenters. The van der Waals surface area contributed by atoms with E-state index >= 15 is 0 Å². The van der Waals surface area contributed by atoms with Crippen LogP contribution in [0.5, 0.6) is 0 Å². The molecule has 1 fully saturated rings. The number of carbonyl (C=O) groups excluding carboxylic acids is 2. The van der Waals surface area contributed by atoms with Gasteiger partial charge in [0.2, 0.25) is 11.8 Å². The Morgan fingerprint density at radius 1 is 1.38 bits per heavy atom.